The lowest BCUT2D eigenvalue weighted by molar-refractivity contribution is 0.0445. The molecule has 0 aromatic carbocycles. The van der Waals surface area contributed by atoms with E-state index in [1.54, 1.807) is 13.8 Å². The van der Waals surface area contributed by atoms with Crippen molar-refractivity contribution in [1.82, 2.24) is 5.32 Å². The van der Waals surface area contributed by atoms with Crippen LogP contribution in [0.2, 0.25) is 0 Å². The second-order valence-corrected chi connectivity index (χ2v) is 5.78. The van der Waals surface area contributed by atoms with Gasteiger partial charge in [-0.1, -0.05) is 0 Å². The van der Waals surface area contributed by atoms with Gasteiger partial charge < -0.3 is 10.4 Å². The smallest absolute Gasteiger partial charge is 0.209 e. The molecular formula is C8H20N2O3S. The van der Waals surface area contributed by atoms with Crippen LogP contribution in [0.3, 0.4) is 0 Å². The minimum Gasteiger partial charge on any atom is -0.389 e. The first-order valence-corrected chi connectivity index (χ1v) is 6.30. The molecule has 0 spiro atoms. The Kier molecular flexibility index (Phi) is 5.00. The first-order chi connectivity index (χ1) is 6.13. The minimum absolute atomic E-state index is 0.0292. The average Bonchev–Trinajstić information content (AvgIpc) is 1.93. The topological polar surface area (TPSA) is 92.4 Å². The number of nitrogens with two attached hydrogens (primary N) is 1. The average molecular weight is 224 g/mol. The van der Waals surface area contributed by atoms with Crippen molar-refractivity contribution < 1.29 is 13.5 Å². The summed E-state index contributed by atoms with van der Waals surface area (Å²) in [4.78, 5) is 0. The monoisotopic (exact) mass is 224 g/mol. The molecule has 0 bridgehead atoms. The lowest BCUT2D eigenvalue weighted by Gasteiger charge is -2.26. The zero-order valence-electron chi connectivity index (χ0n) is 8.95. The summed E-state index contributed by atoms with van der Waals surface area (Å²) in [5.74, 6) is -0.0292. The summed E-state index contributed by atoms with van der Waals surface area (Å²) in [5.41, 5.74) is -0.804. The van der Waals surface area contributed by atoms with Gasteiger partial charge in [0.15, 0.2) is 0 Å². The van der Waals surface area contributed by atoms with E-state index in [-0.39, 0.29) is 11.8 Å². The fraction of sp³-hybridized carbons (Fsp3) is 1.00. The number of sulfonamides is 1. The molecule has 5 nitrogen and oxygen atoms in total. The van der Waals surface area contributed by atoms with Gasteiger partial charge in [0.1, 0.15) is 0 Å². The van der Waals surface area contributed by atoms with E-state index in [9.17, 15) is 13.5 Å². The standard InChI is InChI=1S/C8H20N2O3S/c1-7(8(2,3)11)10-5-4-6-14(9,12)13/h7,10-11H,4-6H2,1-3H3,(H2,9,12,13). The highest BCUT2D eigenvalue weighted by Crippen LogP contribution is 2.06. The largest absolute Gasteiger partial charge is 0.389 e. The lowest BCUT2D eigenvalue weighted by Crippen LogP contribution is -2.45. The Bertz CT molecular complexity index is 256. The summed E-state index contributed by atoms with van der Waals surface area (Å²) >= 11 is 0. The van der Waals surface area contributed by atoms with E-state index in [4.69, 9.17) is 5.14 Å². The highest BCUT2D eigenvalue weighted by molar-refractivity contribution is 7.89. The summed E-state index contributed by atoms with van der Waals surface area (Å²) in [7, 11) is -3.36. The number of nitrogens with one attached hydrogen (secondary N) is 1. The Morgan fingerprint density at radius 2 is 2.00 bits per heavy atom. The van der Waals surface area contributed by atoms with Crippen LogP contribution in [0.1, 0.15) is 27.2 Å². The summed E-state index contributed by atoms with van der Waals surface area (Å²) in [6.45, 7) is 5.77. The van der Waals surface area contributed by atoms with Crippen LogP contribution in [0.4, 0.5) is 0 Å². The van der Waals surface area contributed by atoms with Gasteiger partial charge in [0, 0.05) is 6.04 Å². The van der Waals surface area contributed by atoms with Gasteiger partial charge in [-0.2, -0.15) is 0 Å². The molecule has 0 aliphatic heterocycles. The molecule has 0 aliphatic carbocycles. The molecule has 0 aromatic rings. The van der Waals surface area contributed by atoms with E-state index in [1.807, 2.05) is 6.92 Å². The van der Waals surface area contributed by atoms with Crippen molar-refractivity contribution in [3.63, 3.8) is 0 Å². The van der Waals surface area contributed by atoms with Crippen LogP contribution < -0.4 is 10.5 Å². The van der Waals surface area contributed by atoms with E-state index in [0.29, 0.717) is 13.0 Å². The normalized spacial score (nSPS) is 15.5. The van der Waals surface area contributed by atoms with Crippen molar-refractivity contribution >= 4 is 10.0 Å². The number of hydrogen-bond acceptors (Lipinski definition) is 4. The van der Waals surface area contributed by atoms with Crippen molar-refractivity contribution in [2.45, 2.75) is 38.8 Å². The second-order valence-electron chi connectivity index (χ2n) is 4.05. The number of hydrogen-bond donors (Lipinski definition) is 3. The molecule has 0 fully saturated rings. The van der Waals surface area contributed by atoms with Crippen LogP contribution in [-0.2, 0) is 10.0 Å². The van der Waals surface area contributed by atoms with Crippen molar-refractivity contribution in [1.29, 1.82) is 0 Å². The Morgan fingerprint density at radius 1 is 1.50 bits per heavy atom. The molecule has 0 rings (SSSR count). The van der Waals surface area contributed by atoms with Gasteiger partial charge in [-0.3, -0.25) is 0 Å². The van der Waals surface area contributed by atoms with Crippen molar-refractivity contribution in [3.8, 4) is 0 Å². The number of primary sulfonamides is 1. The van der Waals surface area contributed by atoms with E-state index in [0.717, 1.165) is 0 Å². The first kappa shape index (κ1) is 13.8. The van der Waals surface area contributed by atoms with Crippen LogP contribution in [-0.4, -0.2) is 37.5 Å². The molecule has 0 aromatic heterocycles. The molecule has 0 heterocycles. The van der Waals surface area contributed by atoms with E-state index >= 15 is 0 Å². The third-order valence-corrected chi connectivity index (χ3v) is 2.97. The van der Waals surface area contributed by atoms with Gasteiger partial charge in [0.2, 0.25) is 10.0 Å². The van der Waals surface area contributed by atoms with E-state index in [2.05, 4.69) is 5.32 Å². The summed E-state index contributed by atoms with van der Waals surface area (Å²) in [6, 6.07) is -0.0806. The maximum absolute atomic E-state index is 10.6. The van der Waals surface area contributed by atoms with Crippen LogP contribution in [0.5, 0.6) is 0 Å². The van der Waals surface area contributed by atoms with Gasteiger partial charge in [-0.25, -0.2) is 13.6 Å². The SMILES string of the molecule is CC(NCCCS(N)(=O)=O)C(C)(C)O. The Hall–Kier alpha value is -0.170. The van der Waals surface area contributed by atoms with Gasteiger partial charge in [0.05, 0.1) is 11.4 Å². The molecule has 1 unspecified atom stereocenters. The molecule has 0 saturated carbocycles. The first-order valence-electron chi connectivity index (χ1n) is 4.59. The van der Waals surface area contributed by atoms with Crippen LogP contribution >= 0.6 is 0 Å². The van der Waals surface area contributed by atoms with Gasteiger partial charge >= 0.3 is 0 Å². The predicted octanol–water partition coefficient (Wildman–Crippen LogP) is -0.586. The van der Waals surface area contributed by atoms with Crippen LogP contribution in [0.15, 0.2) is 0 Å². The number of rotatable bonds is 6. The quantitative estimate of drug-likeness (QED) is 0.526. The Labute approximate surface area is 85.7 Å². The fourth-order valence-electron chi connectivity index (χ4n) is 0.842. The minimum atomic E-state index is -3.36. The summed E-state index contributed by atoms with van der Waals surface area (Å²) < 4.78 is 21.1. The van der Waals surface area contributed by atoms with Crippen molar-refractivity contribution in [2.24, 2.45) is 5.14 Å². The van der Waals surface area contributed by atoms with Gasteiger partial charge in [-0.15, -0.1) is 0 Å². The maximum atomic E-state index is 10.6. The van der Waals surface area contributed by atoms with Crippen LogP contribution in [0.25, 0.3) is 0 Å². The molecular weight excluding hydrogens is 204 g/mol. The third kappa shape index (κ3) is 7.25. The Balaban J connectivity index is 3.66. The van der Waals surface area contributed by atoms with Crippen LogP contribution in [0, 0.1) is 0 Å². The fourth-order valence-corrected chi connectivity index (χ4v) is 1.39. The zero-order valence-corrected chi connectivity index (χ0v) is 9.76. The Morgan fingerprint density at radius 3 is 2.36 bits per heavy atom. The molecule has 86 valence electrons. The highest BCUT2D eigenvalue weighted by Gasteiger charge is 2.21. The van der Waals surface area contributed by atoms with Crippen molar-refractivity contribution in [2.75, 3.05) is 12.3 Å². The van der Waals surface area contributed by atoms with Crippen molar-refractivity contribution in [3.05, 3.63) is 0 Å². The van der Waals surface area contributed by atoms with E-state index < -0.39 is 15.6 Å². The summed E-state index contributed by atoms with van der Waals surface area (Å²) in [5, 5.41) is 17.4. The third-order valence-electron chi connectivity index (χ3n) is 2.12. The molecule has 0 radical (unpaired) electrons. The second kappa shape index (κ2) is 5.06. The predicted molar refractivity (Wildman–Crippen MR) is 56.4 cm³/mol. The maximum Gasteiger partial charge on any atom is 0.209 e. The molecule has 0 saturated heterocycles. The molecule has 14 heavy (non-hydrogen) atoms. The van der Waals surface area contributed by atoms with Gasteiger partial charge in [0.25, 0.3) is 0 Å². The van der Waals surface area contributed by atoms with Gasteiger partial charge in [-0.05, 0) is 33.7 Å². The molecule has 4 N–H and O–H groups in total. The zero-order chi connectivity index (χ0) is 11.4. The summed E-state index contributed by atoms with van der Waals surface area (Å²) in [6.07, 6.45) is 0.458. The lowest BCUT2D eigenvalue weighted by atomic mass is 10.0. The van der Waals surface area contributed by atoms with E-state index in [1.165, 1.54) is 0 Å². The molecule has 1 atom stereocenters. The molecule has 6 heteroatoms. The number of aliphatic hydroxyl groups is 1. The molecule has 0 amide bonds. The highest BCUT2D eigenvalue weighted by atomic mass is 32.2. The molecule has 0 aliphatic rings.